The maximum absolute atomic E-state index is 10.4. The first-order valence-electron chi connectivity index (χ1n) is 6.85. The fourth-order valence-corrected chi connectivity index (χ4v) is 2.79. The molecule has 0 aliphatic heterocycles. The summed E-state index contributed by atoms with van der Waals surface area (Å²) in [6, 6.07) is 17.3. The zero-order chi connectivity index (χ0) is 15.5. The van der Waals surface area contributed by atoms with Crippen molar-refractivity contribution in [2.45, 2.75) is 6.61 Å². The summed E-state index contributed by atoms with van der Waals surface area (Å²) >= 11 is 3.35. The molecule has 4 heteroatoms. The molecule has 0 atom stereocenters. The Labute approximate surface area is 137 Å². The van der Waals surface area contributed by atoms with E-state index in [0.29, 0.717) is 28.0 Å². The second-order valence-corrected chi connectivity index (χ2v) is 5.72. The largest absolute Gasteiger partial charge is 0.506 e. The Bertz CT molecular complexity index is 800. The van der Waals surface area contributed by atoms with Crippen molar-refractivity contribution in [3.8, 4) is 17.2 Å². The van der Waals surface area contributed by atoms with Gasteiger partial charge < -0.3 is 14.6 Å². The van der Waals surface area contributed by atoms with E-state index in [1.54, 1.807) is 13.2 Å². The van der Waals surface area contributed by atoms with Gasteiger partial charge in [-0.05, 0) is 33.6 Å². The van der Waals surface area contributed by atoms with Crippen LogP contribution in [0.25, 0.3) is 10.8 Å². The number of hydrogen-bond donors (Lipinski definition) is 1. The molecule has 0 fully saturated rings. The molecule has 0 bridgehead atoms. The van der Waals surface area contributed by atoms with Crippen molar-refractivity contribution in [3.05, 3.63) is 64.6 Å². The van der Waals surface area contributed by atoms with Gasteiger partial charge in [0.05, 0.1) is 17.0 Å². The van der Waals surface area contributed by atoms with Crippen LogP contribution in [0.5, 0.6) is 17.2 Å². The third-order valence-electron chi connectivity index (χ3n) is 3.47. The maximum Gasteiger partial charge on any atom is 0.141 e. The Hall–Kier alpha value is -2.20. The molecule has 0 saturated heterocycles. The van der Waals surface area contributed by atoms with E-state index < -0.39 is 0 Å². The number of phenolic OH excluding ortho intramolecular Hbond substituents is 1. The van der Waals surface area contributed by atoms with Crippen molar-refractivity contribution in [2.75, 3.05) is 7.11 Å². The molecular formula is C18H15BrO3. The Balaban J connectivity index is 2.04. The second-order valence-electron chi connectivity index (χ2n) is 4.86. The summed E-state index contributed by atoms with van der Waals surface area (Å²) in [4.78, 5) is 0. The third-order valence-corrected chi connectivity index (χ3v) is 4.07. The lowest BCUT2D eigenvalue weighted by atomic mass is 10.1. The molecule has 0 aromatic heterocycles. The molecule has 0 amide bonds. The van der Waals surface area contributed by atoms with Crippen LogP contribution in [0.3, 0.4) is 0 Å². The van der Waals surface area contributed by atoms with Crippen molar-refractivity contribution >= 4 is 26.7 Å². The molecule has 22 heavy (non-hydrogen) atoms. The van der Waals surface area contributed by atoms with E-state index in [4.69, 9.17) is 9.47 Å². The molecule has 0 radical (unpaired) electrons. The quantitative estimate of drug-likeness (QED) is 0.721. The molecule has 0 heterocycles. The van der Waals surface area contributed by atoms with Gasteiger partial charge in [-0.25, -0.2) is 0 Å². The lowest BCUT2D eigenvalue weighted by Crippen LogP contribution is -1.96. The van der Waals surface area contributed by atoms with Crippen LogP contribution in [-0.4, -0.2) is 12.2 Å². The van der Waals surface area contributed by atoms with Crippen LogP contribution in [0, 0.1) is 0 Å². The van der Waals surface area contributed by atoms with E-state index in [-0.39, 0.29) is 5.75 Å². The first kappa shape index (κ1) is 14.7. The molecule has 0 spiro atoms. The number of rotatable bonds is 4. The van der Waals surface area contributed by atoms with Crippen LogP contribution in [0.2, 0.25) is 0 Å². The number of phenols is 1. The first-order chi connectivity index (χ1) is 10.7. The standard InChI is InChI=1S/C18H15BrO3/c1-21-16-10-14(19)18(20)17-13(16)8-5-9-15(17)22-11-12-6-3-2-4-7-12/h2-10,20H,11H2,1H3. The van der Waals surface area contributed by atoms with E-state index in [9.17, 15) is 5.11 Å². The fourth-order valence-electron chi connectivity index (χ4n) is 2.39. The molecule has 3 nitrogen and oxygen atoms in total. The van der Waals surface area contributed by atoms with Gasteiger partial charge in [0, 0.05) is 5.39 Å². The van der Waals surface area contributed by atoms with Crippen molar-refractivity contribution in [1.29, 1.82) is 0 Å². The SMILES string of the molecule is COc1cc(Br)c(O)c2c(OCc3ccccc3)cccc12. The minimum absolute atomic E-state index is 0.152. The van der Waals surface area contributed by atoms with E-state index in [2.05, 4.69) is 15.9 Å². The van der Waals surface area contributed by atoms with E-state index in [1.807, 2.05) is 48.5 Å². The van der Waals surface area contributed by atoms with Gasteiger partial charge in [-0.15, -0.1) is 0 Å². The van der Waals surface area contributed by atoms with Gasteiger partial charge in [-0.3, -0.25) is 0 Å². The van der Waals surface area contributed by atoms with Gasteiger partial charge in [0.15, 0.2) is 0 Å². The van der Waals surface area contributed by atoms with Gasteiger partial charge >= 0.3 is 0 Å². The van der Waals surface area contributed by atoms with Crippen LogP contribution < -0.4 is 9.47 Å². The molecule has 112 valence electrons. The number of ether oxygens (including phenoxy) is 2. The molecule has 3 aromatic rings. The normalized spacial score (nSPS) is 10.6. The lowest BCUT2D eigenvalue weighted by Gasteiger charge is -2.14. The highest BCUT2D eigenvalue weighted by Gasteiger charge is 2.14. The Kier molecular flexibility index (Phi) is 4.20. The van der Waals surface area contributed by atoms with Gasteiger partial charge in [0.2, 0.25) is 0 Å². The smallest absolute Gasteiger partial charge is 0.141 e. The molecule has 0 saturated carbocycles. The predicted molar refractivity (Wildman–Crippen MR) is 90.6 cm³/mol. The van der Waals surface area contributed by atoms with Crippen LogP contribution >= 0.6 is 15.9 Å². The number of methoxy groups -OCH3 is 1. The summed E-state index contributed by atoms with van der Waals surface area (Å²) in [6.45, 7) is 0.439. The minimum Gasteiger partial charge on any atom is -0.506 e. The average Bonchev–Trinajstić information content (AvgIpc) is 2.57. The molecule has 3 rings (SSSR count). The summed E-state index contributed by atoms with van der Waals surface area (Å²) in [6.07, 6.45) is 0. The summed E-state index contributed by atoms with van der Waals surface area (Å²) in [5.74, 6) is 1.46. The average molecular weight is 359 g/mol. The van der Waals surface area contributed by atoms with Crippen molar-refractivity contribution < 1.29 is 14.6 Å². The Morgan fingerprint density at radius 1 is 1.00 bits per heavy atom. The number of hydrogen-bond acceptors (Lipinski definition) is 3. The summed E-state index contributed by atoms with van der Waals surface area (Å²) < 4.78 is 11.9. The predicted octanol–water partition coefficient (Wildman–Crippen LogP) is 4.90. The fraction of sp³-hybridized carbons (Fsp3) is 0.111. The van der Waals surface area contributed by atoms with Crippen LogP contribution in [-0.2, 0) is 6.61 Å². The Morgan fingerprint density at radius 3 is 2.50 bits per heavy atom. The van der Waals surface area contributed by atoms with Crippen LogP contribution in [0.1, 0.15) is 5.56 Å². The van der Waals surface area contributed by atoms with Gasteiger partial charge in [0.1, 0.15) is 23.9 Å². The topological polar surface area (TPSA) is 38.7 Å². The first-order valence-corrected chi connectivity index (χ1v) is 7.65. The number of fused-ring (bicyclic) bond motifs is 1. The summed E-state index contributed by atoms with van der Waals surface area (Å²) in [5.41, 5.74) is 1.07. The molecule has 0 unspecified atom stereocenters. The number of halogens is 1. The second kappa shape index (κ2) is 6.28. The third kappa shape index (κ3) is 2.74. The molecule has 0 aliphatic carbocycles. The van der Waals surface area contributed by atoms with E-state index in [0.717, 1.165) is 10.9 Å². The summed E-state index contributed by atoms with van der Waals surface area (Å²) in [7, 11) is 1.61. The zero-order valence-electron chi connectivity index (χ0n) is 12.0. The van der Waals surface area contributed by atoms with Crippen molar-refractivity contribution in [3.63, 3.8) is 0 Å². The summed E-state index contributed by atoms with van der Waals surface area (Å²) in [5, 5.41) is 11.8. The Morgan fingerprint density at radius 2 is 1.77 bits per heavy atom. The molecule has 3 aromatic carbocycles. The lowest BCUT2D eigenvalue weighted by molar-refractivity contribution is 0.309. The molecule has 1 N–H and O–H groups in total. The van der Waals surface area contributed by atoms with Crippen LogP contribution in [0.4, 0.5) is 0 Å². The zero-order valence-corrected chi connectivity index (χ0v) is 13.6. The van der Waals surface area contributed by atoms with Crippen molar-refractivity contribution in [2.24, 2.45) is 0 Å². The number of aromatic hydroxyl groups is 1. The van der Waals surface area contributed by atoms with Crippen LogP contribution in [0.15, 0.2) is 59.1 Å². The molecule has 0 aliphatic rings. The highest BCUT2D eigenvalue weighted by atomic mass is 79.9. The molecular weight excluding hydrogens is 344 g/mol. The van der Waals surface area contributed by atoms with Crippen molar-refractivity contribution in [1.82, 2.24) is 0 Å². The monoisotopic (exact) mass is 358 g/mol. The highest BCUT2D eigenvalue weighted by Crippen LogP contribution is 2.43. The van der Waals surface area contributed by atoms with Gasteiger partial charge in [-0.2, -0.15) is 0 Å². The van der Waals surface area contributed by atoms with Gasteiger partial charge in [-0.1, -0.05) is 42.5 Å². The highest BCUT2D eigenvalue weighted by molar-refractivity contribution is 9.10. The van der Waals surface area contributed by atoms with E-state index >= 15 is 0 Å². The van der Waals surface area contributed by atoms with Gasteiger partial charge in [0.25, 0.3) is 0 Å². The van der Waals surface area contributed by atoms with E-state index in [1.165, 1.54) is 0 Å². The minimum atomic E-state index is 0.152. The number of benzene rings is 3. The maximum atomic E-state index is 10.4.